The number of hydroxylamine groups is 4. The molecule has 2 heterocycles. The molecule has 4 amide bonds. The van der Waals surface area contributed by atoms with Crippen LogP contribution >= 0.6 is 0 Å². The quantitative estimate of drug-likeness (QED) is 0.0371. The van der Waals surface area contributed by atoms with Gasteiger partial charge in [-0.3, -0.25) is 29.6 Å². The Balaban J connectivity index is 1.78. The fraction of sp³-hybridized carbons (Fsp3) is 0.650. The van der Waals surface area contributed by atoms with Crippen LogP contribution in [-0.2, 0) is 23.9 Å². The number of para-hydroxylation sites is 1. The maximum atomic E-state index is 14.0. The normalized spacial score (nSPS) is 16.1. The molecule has 1 aliphatic rings. The summed E-state index contributed by atoms with van der Waals surface area (Å²) in [6.45, 7) is 6.77. The average molecular weight is 772 g/mol. The Bertz CT molecular complexity index is 1550. The lowest BCUT2D eigenvalue weighted by atomic mass is 9.96. The first kappa shape index (κ1) is 44.9. The van der Waals surface area contributed by atoms with Crippen LogP contribution in [0.5, 0.6) is 5.75 Å². The van der Waals surface area contributed by atoms with Crippen LogP contribution in [0, 0.1) is 12.8 Å². The van der Waals surface area contributed by atoms with E-state index < -0.39 is 53.7 Å². The minimum atomic E-state index is -1.20. The van der Waals surface area contributed by atoms with Crippen LogP contribution in [0.15, 0.2) is 28.7 Å². The predicted molar refractivity (Wildman–Crippen MR) is 203 cm³/mol. The van der Waals surface area contributed by atoms with Crippen molar-refractivity contribution in [1.82, 2.24) is 25.7 Å². The van der Waals surface area contributed by atoms with Crippen molar-refractivity contribution in [3.05, 3.63) is 35.7 Å². The third-order valence-electron chi connectivity index (χ3n) is 10.0. The highest BCUT2D eigenvalue weighted by molar-refractivity contribution is 5.96. The van der Waals surface area contributed by atoms with Crippen molar-refractivity contribution in [2.24, 2.45) is 5.92 Å². The molecule has 0 bridgehead atoms. The molecule has 0 saturated carbocycles. The molecule has 1 aromatic heterocycles. The van der Waals surface area contributed by atoms with E-state index in [1.165, 1.54) is 45.6 Å². The Kier molecular flexibility index (Phi) is 19.1. The number of ether oxygens (including phenoxy) is 1. The van der Waals surface area contributed by atoms with E-state index in [0.717, 1.165) is 25.7 Å². The number of phenols is 1. The minimum Gasteiger partial charge on any atom is -0.507 e. The van der Waals surface area contributed by atoms with Gasteiger partial charge in [-0.05, 0) is 70.4 Å². The summed E-state index contributed by atoms with van der Waals surface area (Å²) < 4.78 is 11.7. The number of oxazole rings is 1. The predicted octanol–water partition coefficient (Wildman–Crippen LogP) is 6.22. The van der Waals surface area contributed by atoms with Crippen LogP contribution in [0.3, 0.4) is 0 Å². The van der Waals surface area contributed by atoms with Gasteiger partial charge in [-0.2, -0.15) is 0 Å². The second-order valence-corrected chi connectivity index (χ2v) is 14.5. The lowest BCUT2D eigenvalue weighted by Crippen LogP contribution is -2.50. The van der Waals surface area contributed by atoms with Gasteiger partial charge >= 0.3 is 5.97 Å². The highest BCUT2D eigenvalue weighted by atomic mass is 16.5. The summed E-state index contributed by atoms with van der Waals surface area (Å²) in [5.41, 5.74) is 0.183. The monoisotopic (exact) mass is 771 g/mol. The van der Waals surface area contributed by atoms with Gasteiger partial charge in [-0.15, -0.1) is 0 Å². The number of benzene rings is 1. The number of aromatic hydroxyl groups is 1. The molecule has 4 atom stereocenters. The molecule has 0 spiro atoms. The highest BCUT2D eigenvalue weighted by Crippen LogP contribution is 2.29. The van der Waals surface area contributed by atoms with Crippen LogP contribution in [0.25, 0.3) is 11.5 Å². The number of aromatic nitrogens is 1. The average Bonchev–Trinajstić information content (AvgIpc) is 3.48. The third kappa shape index (κ3) is 14.6. The zero-order chi connectivity index (χ0) is 40.3. The van der Waals surface area contributed by atoms with Crippen LogP contribution < -0.4 is 10.6 Å². The Morgan fingerprint density at radius 3 is 2.33 bits per heavy atom. The molecule has 1 fully saturated rings. The number of carbonyl (C=O) groups is 5. The minimum absolute atomic E-state index is 0.0148. The molecule has 1 aliphatic heterocycles. The molecule has 0 radical (unpaired) electrons. The number of unbranched alkanes of at least 4 members (excludes halogenated alkanes) is 9. The molecule has 5 N–H and O–H groups in total. The van der Waals surface area contributed by atoms with Crippen LogP contribution in [-0.4, -0.2) is 91.5 Å². The zero-order valence-corrected chi connectivity index (χ0v) is 32.9. The van der Waals surface area contributed by atoms with E-state index in [1.54, 1.807) is 25.1 Å². The van der Waals surface area contributed by atoms with Crippen LogP contribution in [0.2, 0.25) is 0 Å². The molecule has 1 saturated heterocycles. The SMILES string of the molecule is CCCCCCCCCCC[C@H](OC(=O)[C@H](CCCCN(O)C(C)=O)NC(=O)c1nc(-c2ccccc2O)oc1C)[C@@H](C)C(=O)N[C@@H]1CCCCN(O)C1=O. The molecule has 55 heavy (non-hydrogen) atoms. The standard InChI is InChI=1S/C40H61N5O10/c1-5-6-7-8-9-10-11-12-13-24-34(27(2)36(48)41-31-21-16-19-26-45(53)39(31)50)55-40(51)32(22-17-18-25-44(52)29(4)46)42-37(49)35-28(3)54-38(43-35)30-20-14-15-23-33(30)47/h14-15,20,23,27,31-32,34,47,52-53H,5-13,16-19,21-22,24-26H2,1-4H3,(H,41,48)(H,42,49)/t27-,31-,32+,34+/m1/s1. The lowest BCUT2D eigenvalue weighted by molar-refractivity contribution is -0.167. The number of hydrogen-bond acceptors (Lipinski definition) is 11. The summed E-state index contributed by atoms with van der Waals surface area (Å²) in [7, 11) is 0. The fourth-order valence-corrected chi connectivity index (χ4v) is 6.55. The van der Waals surface area contributed by atoms with Gasteiger partial charge in [-0.1, -0.05) is 77.3 Å². The first-order valence-corrected chi connectivity index (χ1v) is 19.9. The van der Waals surface area contributed by atoms with Gasteiger partial charge in [0, 0.05) is 20.0 Å². The van der Waals surface area contributed by atoms with Crippen molar-refractivity contribution >= 4 is 29.6 Å². The van der Waals surface area contributed by atoms with Crippen molar-refractivity contribution in [2.75, 3.05) is 13.1 Å². The maximum absolute atomic E-state index is 14.0. The van der Waals surface area contributed by atoms with Crippen molar-refractivity contribution in [3.63, 3.8) is 0 Å². The number of nitrogens with one attached hydrogen (secondary N) is 2. The molecule has 0 aliphatic carbocycles. The lowest BCUT2D eigenvalue weighted by Gasteiger charge is -2.28. The number of hydrogen-bond donors (Lipinski definition) is 5. The van der Waals surface area contributed by atoms with Gasteiger partial charge in [0.05, 0.1) is 11.5 Å². The number of rotatable bonds is 23. The van der Waals surface area contributed by atoms with Gasteiger partial charge in [0.25, 0.3) is 11.8 Å². The van der Waals surface area contributed by atoms with Gasteiger partial charge < -0.3 is 24.9 Å². The molecule has 15 nitrogen and oxygen atoms in total. The molecular formula is C40H61N5O10. The van der Waals surface area contributed by atoms with E-state index in [9.17, 15) is 39.5 Å². The van der Waals surface area contributed by atoms with Gasteiger partial charge in [0.2, 0.25) is 17.7 Å². The van der Waals surface area contributed by atoms with E-state index in [4.69, 9.17) is 9.15 Å². The zero-order valence-electron chi connectivity index (χ0n) is 32.9. The van der Waals surface area contributed by atoms with Crippen LogP contribution in [0.1, 0.15) is 140 Å². The summed E-state index contributed by atoms with van der Waals surface area (Å²) in [5.74, 6) is -3.90. The largest absolute Gasteiger partial charge is 0.507 e. The second-order valence-electron chi connectivity index (χ2n) is 14.5. The second kappa shape index (κ2) is 23.4. The topological polar surface area (TPSA) is 212 Å². The van der Waals surface area contributed by atoms with Crippen molar-refractivity contribution in [3.8, 4) is 17.2 Å². The van der Waals surface area contributed by atoms with Gasteiger partial charge in [0.15, 0.2) is 5.69 Å². The highest BCUT2D eigenvalue weighted by Gasteiger charge is 2.35. The number of amides is 4. The number of nitrogens with zero attached hydrogens (tertiary/aromatic N) is 3. The van der Waals surface area contributed by atoms with E-state index >= 15 is 0 Å². The van der Waals surface area contributed by atoms with E-state index in [0.29, 0.717) is 55.1 Å². The Hall–Kier alpha value is -4.50. The molecule has 3 rings (SSSR count). The first-order valence-electron chi connectivity index (χ1n) is 19.9. The molecule has 1 aromatic carbocycles. The summed E-state index contributed by atoms with van der Waals surface area (Å²) in [5, 5.41) is 36.9. The first-order chi connectivity index (χ1) is 26.3. The number of phenolic OH excluding ortho intramolecular Hbond substituents is 1. The maximum Gasteiger partial charge on any atom is 0.328 e. The number of carbonyl (C=O) groups excluding carboxylic acids is 5. The fourth-order valence-electron chi connectivity index (χ4n) is 6.55. The summed E-state index contributed by atoms with van der Waals surface area (Å²) in [4.78, 5) is 69.7. The number of aryl methyl sites for hydroxylation is 1. The Morgan fingerprint density at radius 2 is 1.65 bits per heavy atom. The molecule has 2 aromatic rings. The summed E-state index contributed by atoms with van der Waals surface area (Å²) in [6, 6.07) is 4.26. The van der Waals surface area contributed by atoms with E-state index in [1.807, 2.05) is 0 Å². The van der Waals surface area contributed by atoms with E-state index in [-0.39, 0.29) is 48.2 Å². The Morgan fingerprint density at radius 1 is 1.00 bits per heavy atom. The van der Waals surface area contributed by atoms with Crippen molar-refractivity contribution in [2.45, 2.75) is 149 Å². The van der Waals surface area contributed by atoms with E-state index in [2.05, 4.69) is 22.5 Å². The molecule has 15 heteroatoms. The summed E-state index contributed by atoms with van der Waals surface area (Å²) in [6.07, 6.45) is 11.4. The molecule has 0 unspecified atom stereocenters. The third-order valence-corrected chi connectivity index (χ3v) is 10.0. The summed E-state index contributed by atoms with van der Waals surface area (Å²) >= 11 is 0. The van der Waals surface area contributed by atoms with Crippen LogP contribution in [0.4, 0.5) is 0 Å². The van der Waals surface area contributed by atoms with Crippen molar-refractivity contribution in [1.29, 1.82) is 0 Å². The smallest absolute Gasteiger partial charge is 0.328 e. The van der Waals surface area contributed by atoms with Crippen molar-refractivity contribution < 1.29 is 48.6 Å². The molecular weight excluding hydrogens is 710 g/mol. The molecule has 306 valence electrons. The number of esters is 1. The Labute approximate surface area is 324 Å². The van der Waals surface area contributed by atoms with Gasteiger partial charge in [0.1, 0.15) is 29.7 Å². The van der Waals surface area contributed by atoms with Gasteiger partial charge in [-0.25, -0.2) is 19.9 Å².